The predicted octanol–water partition coefficient (Wildman–Crippen LogP) is 8.34. The van der Waals surface area contributed by atoms with Gasteiger partial charge in [-0.3, -0.25) is 9.69 Å². The summed E-state index contributed by atoms with van der Waals surface area (Å²) in [7, 11) is 0. The summed E-state index contributed by atoms with van der Waals surface area (Å²) in [4.78, 5) is 15.5. The highest BCUT2D eigenvalue weighted by Gasteiger charge is 2.27. The van der Waals surface area contributed by atoms with Crippen LogP contribution in [0.4, 0.5) is 0 Å². The van der Waals surface area contributed by atoms with Crippen LogP contribution in [0.1, 0.15) is 50.7 Å². The van der Waals surface area contributed by atoms with Gasteiger partial charge in [0.2, 0.25) is 0 Å². The molecule has 1 aromatic heterocycles. The number of nitrogens with zero attached hydrogens (tertiary/aromatic N) is 2. The van der Waals surface area contributed by atoms with E-state index in [4.69, 9.17) is 27.9 Å². The second kappa shape index (κ2) is 11.1. The summed E-state index contributed by atoms with van der Waals surface area (Å²) in [5, 5.41) is 2.69. The largest absolute Gasteiger partial charge is 0.459 e. The molecule has 0 spiro atoms. The van der Waals surface area contributed by atoms with E-state index in [1.165, 1.54) is 10.9 Å². The summed E-state index contributed by atoms with van der Waals surface area (Å²) in [5.41, 5.74) is 5.00. The van der Waals surface area contributed by atoms with Gasteiger partial charge < -0.3 is 9.30 Å². The Labute approximate surface area is 235 Å². The summed E-state index contributed by atoms with van der Waals surface area (Å²) >= 11 is 13.1. The van der Waals surface area contributed by atoms with E-state index in [2.05, 4.69) is 39.8 Å². The lowest BCUT2D eigenvalue weighted by atomic mass is 9.89. The van der Waals surface area contributed by atoms with Gasteiger partial charge in [-0.15, -0.1) is 0 Å². The van der Waals surface area contributed by atoms with Gasteiger partial charge in [-0.1, -0.05) is 77.8 Å². The fourth-order valence-electron chi connectivity index (χ4n) is 5.63. The first-order valence-electron chi connectivity index (χ1n) is 13.2. The molecule has 0 aliphatic carbocycles. The van der Waals surface area contributed by atoms with Crippen molar-refractivity contribution in [3.63, 3.8) is 0 Å². The molecule has 0 saturated carbocycles. The molecule has 4 nitrogen and oxygen atoms in total. The number of esters is 1. The second-order valence-corrected chi connectivity index (χ2v) is 11.9. The molecule has 198 valence electrons. The molecule has 0 amide bonds. The fourth-order valence-corrected chi connectivity index (χ4v) is 6.34. The molecule has 0 N–H and O–H groups in total. The van der Waals surface area contributed by atoms with Crippen molar-refractivity contribution in [2.75, 3.05) is 13.1 Å². The summed E-state index contributed by atoms with van der Waals surface area (Å²) in [6.45, 7) is 8.58. The maximum atomic E-state index is 13.0. The molecule has 1 fully saturated rings. The van der Waals surface area contributed by atoms with E-state index >= 15 is 0 Å². The molecule has 6 heteroatoms. The van der Waals surface area contributed by atoms with E-state index in [1.807, 2.05) is 63.2 Å². The topological polar surface area (TPSA) is 34.5 Å². The van der Waals surface area contributed by atoms with E-state index in [0.717, 1.165) is 64.9 Å². The Kier molecular flexibility index (Phi) is 7.85. The standard InChI is InChI=1S/C32H34Cl2N2O2/c1-32(2,3)38-29(37)21-36-28-15-8-7-12-24(28)25(31(36)23-10-5-4-6-11-23)20-35-18-16-22(17-19-35)30-26(33)13-9-14-27(30)34/h4-15,22H,16-21H2,1-3H3. The molecule has 0 unspecified atom stereocenters. The minimum Gasteiger partial charge on any atom is -0.459 e. The fraction of sp³-hybridized carbons (Fsp3) is 0.344. The quantitative estimate of drug-likeness (QED) is 0.227. The molecule has 0 radical (unpaired) electrons. The number of likely N-dealkylation sites (tertiary alicyclic amines) is 1. The highest BCUT2D eigenvalue weighted by Crippen LogP contribution is 2.39. The van der Waals surface area contributed by atoms with Gasteiger partial charge in [0.25, 0.3) is 0 Å². The average molecular weight is 550 g/mol. The number of hydrogen-bond acceptors (Lipinski definition) is 3. The first kappa shape index (κ1) is 26.8. The lowest BCUT2D eigenvalue weighted by Gasteiger charge is -2.33. The minimum atomic E-state index is -0.537. The molecule has 0 bridgehead atoms. The number of hydrogen-bond donors (Lipinski definition) is 0. The van der Waals surface area contributed by atoms with Crippen molar-refractivity contribution in [1.29, 1.82) is 0 Å². The van der Waals surface area contributed by atoms with Gasteiger partial charge in [0, 0.05) is 27.5 Å². The number of para-hydroxylation sites is 1. The van der Waals surface area contributed by atoms with Crippen molar-refractivity contribution in [1.82, 2.24) is 9.47 Å². The Morgan fingerprint density at radius 1 is 0.895 bits per heavy atom. The van der Waals surface area contributed by atoms with Crippen LogP contribution in [0.2, 0.25) is 10.0 Å². The number of carbonyl (C=O) groups excluding carboxylic acids is 1. The van der Waals surface area contributed by atoms with Crippen LogP contribution in [0.15, 0.2) is 72.8 Å². The van der Waals surface area contributed by atoms with Gasteiger partial charge in [0.1, 0.15) is 12.1 Å². The summed E-state index contributed by atoms with van der Waals surface area (Å²) in [6, 6.07) is 24.5. The maximum Gasteiger partial charge on any atom is 0.326 e. The molecule has 0 atom stereocenters. The van der Waals surface area contributed by atoms with Crippen LogP contribution in [0.5, 0.6) is 0 Å². The van der Waals surface area contributed by atoms with E-state index < -0.39 is 5.60 Å². The normalized spacial score (nSPS) is 15.2. The Morgan fingerprint density at radius 3 is 2.18 bits per heavy atom. The van der Waals surface area contributed by atoms with Crippen LogP contribution in [0.3, 0.4) is 0 Å². The number of carbonyl (C=O) groups is 1. The third-order valence-electron chi connectivity index (χ3n) is 7.21. The molecule has 1 aliphatic heterocycles. The zero-order valence-corrected chi connectivity index (χ0v) is 23.7. The molecule has 1 saturated heterocycles. The van der Waals surface area contributed by atoms with Crippen LogP contribution >= 0.6 is 23.2 Å². The van der Waals surface area contributed by atoms with Gasteiger partial charge in [0.05, 0.1) is 5.69 Å². The van der Waals surface area contributed by atoms with E-state index in [1.54, 1.807) is 0 Å². The third-order valence-corrected chi connectivity index (χ3v) is 7.87. The SMILES string of the molecule is CC(C)(C)OC(=O)Cn1c(-c2ccccc2)c(CN2CCC(c3c(Cl)cccc3Cl)CC2)c2ccccc21. The summed E-state index contributed by atoms with van der Waals surface area (Å²) in [5.74, 6) is 0.119. The number of fused-ring (bicyclic) bond motifs is 1. The predicted molar refractivity (Wildman–Crippen MR) is 157 cm³/mol. The summed E-state index contributed by atoms with van der Waals surface area (Å²) < 4.78 is 7.85. The molecule has 3 aromatic carbocycles. The van der Waals surface area contributed by atoms with Crippen LogP contribution in [-0.2, 0) is 22.6 Å². The number of benzene rings is 3. The van der Waals surface area contributed by atoms with Gasteiger partial charge >= 0.3 is 5.97 Å². The smallest absolute Gasteiger partial charge is 0.326 e. The van der Waals surface area contributed by atoms with Crippen molar-refractivity contribution >= 4 is 40.1 Å². The molecule has 4 aromatic rings. The maximum absolute atomic E-state index is 13.0. The highest BCUT2D eigenvalue weighted by atomic mass is 35.5. The van der Waals surface area contributed by atoms with Crippen molar-refractivity contribution in [3.05, 3.63) is 94.0 Å². The Bertz CT molecular complexity index is 1410. The van der Waals surface area contributed by atoms with Gasteiger partial charge in [-0.2, -0.15) is 0 Å². The molecule has 38 heavy (non-hydrogen) atoms. The van der Waals surface area contributed by atoms with E-state index in [0.29, 0.717) is 5.92 Å². The molecular formula is C32H34Cl2N2O2. The van der Waals surface area contributed by atoms with Crippen LogP contribution in [0, 0.1) is 0 Å². The number of halogens is 2. The van der Waals surface area contributed by atoms with Crippen molar-refractivity contribution in [2.45, 2.75) is 58.2 Å². The van der Waals surface area contributed by atoms with Crippen molar-refractivity contribution in [2.24, 2.45) is 0 Å². The molecule has 2 heterocycles. The third kappa shape index (κ3) is 5.78. The van der Waals surface area contributed by atoms with Gasteiger partial charge in [-0.05, 0) is 87.5 Å². The lowest BCUT2D eigenvalue weighted by molar-refractivity contribution is -0.155. The number of aromatic nitrogens is 1. The Balaban J connectivity index is 1.48. The number of piperidine rings is 1. The highest BCUT2D eigenvalue weighted by molar-refractivity contribution is 6.36. The molecular weight excluding hydrogens is 515 g/mol. The summed E-state index contributed by atoms with van der Waals surface area (Å²) in [6.07, 6.45) is 2.00. The van der Waals surface area contributed by atoms with Crippen LogP contribution in [0.25, 0.3) is 22.2 Å². The first-order valence-corrected chi connectivity index (χ1v) is 14.0. The zero-order valence-electron chi connectivity index (χ0n) is 22.2. The van der Waals surface area contributed by atoms with E-state index in [9.17, 15) is 4.79 Å². The van der Waals surface area contributed by atoms with Crippen molar-refractivity contribution in [3.8, 4) is 11.3 Å². The zero-order chi connectivity index (χ0) is 26.9. The Hall–Kier alpha value is -2.79. The average Bonchev–Trinajstić information content (AvgIpc) is 3.17. The minimum absolute atomic E-state index is 0.162. The number of ether oxygens (including phenoxy) is 1. The van der Waals surface area contributed by atoms with E-state index in [-0.39, 0.29) is 12.5 Å². The second-order valence-electron chi connectivity index (χ2n) is 11.1. The molecule has 1 aliphatic rings. The van der Waals surface area contributed by atoms with Crippen LogP contribution < -0.4 is 0 Å². The molecule has 5 rings (SSSR count). The lowest BCUT2D eigenvalue weighted by Crippen LogP contribution is -2.32. The Morgan fingerprint density at radius 2 is 1.53 bits per heavy atom. The number of rotatable bonds is 6. The van der Waals surface area contributed by atoms with Gasteiger partial charge in [-0.25, -0.2) is 0 Å². The monoisotopic (exact) mass is 548 g/mol. The van der Waals surface area contributed by atoms with Crippen molar-refractivity contribution < 1.29 is 9.53 Å². The van der Waals surface area contributed by atoms with Crippen LogP contribution in [-0.4, -0.2) is 34.1 Å². The van der Waals surface area contributed by atoms with Gasteiger partial charge in [0.15, 0.2) is 0 Å². The first-order chi connectivity index (χ1) is 18.2.